The number of rotatable bonds is 5. The van der Waals surface area contributed by atoms with Crippen molar-refractivity contribution >= 4 is 5.91 Å². The van der Waals surface area contributed by atoms with E-state index in [0.29, 0.717) is 18.4 Å². The first-order valence-electron chi connectivity index (χ1n) is 8.01. The number of hydrogen-bond acceptors (Lipinski definition) is 4. The number of carbonyl (C=O) groups excluding carboxylic acids is 1. The van der Waals surface area contributed by atoms with Crippen LogP contribution in [0, 0.1) is 5.92 Å². The van der Waals surface area contributed by atoms with Crippen molar-refractivity contribution in [3.63, 3.8) is 0 Å². The van der Waals surface area contributed by atoms with Crippen molar-refractivity contribution in [1.29, 1.82) is 0 Å². The normalized spacial score (nSPS) is 30.4. The third kappa shape index (κ3) is 4.43. The van der Waals surface area contributed by atoms with Gasteiger partial charge in [0.25, 0.3) is 0 Å². The predicted octanol–water partition coefficient (Wildman–Crippen LogP) is 0.256. The average molecular weight is 282 g/mol. The van der Waals surface area contributed by atoms with E-state index in [0.717, 1.165) is 45.6 Å². The highest BCUT2D eigenvalue weighted by atomic mass is 16.1. The van der Waals surface area contributed by atoms with E-state index in [1.165, 1.54) is 6.42 Å². The Morgan fingerprint density at radius 1 is 1.30 bits per heavy atom. The summed E-state index contributed by atoms with van der Waals surface area (Å²) in [6.45, 7) is 7.39. The lowest BCUT2D eigenvalue weighted by Crippen LogP contribution is -2.51. The molecule has 1 aliphatic heterocycles. The Labute approximate surface area is 122 Å². The standard InChI is InChI=1S/C15H30N4O/c1-12(19-8-6-18(2)7-9-19)11-17-15(20)10-13-4-3-5-14(13)16/h12-14H,3-11,16H2,1-2H3,(H,17,20)/t12?,13-,14+/m0/s1. The second-order valence-electron chi connectivity index (χ2n) is 6.55. The number of hydrogen-bond donors (Lipinski definition) is 2. The summed E-state index contributed by atoms with van der Waals surface area (Å²) in [5.74, 6) is 0.572. The molecule has 1 amide bonds. The van der Waals surface area contributed by atoms with Gasteiger partial charge in [0.1, 0.15) is 0 Å². The smallest absolute Gasteiger partial charge is 0.220 e. The van der Waals surface area contributed by atoms with Crippen molar-refractivity contribution in [3.8, 4) is 0 Å². The molecule has 2 fully saturated rings. The van der Waals surface area contributed by atoms with Crippen LogP contribution in [0.3, 0.4) is 0 Å². The first-order chi connectivity index (χ1) is 9.56. The molecule has 0 bridgehead atoms. The third-order valence-corrected chi connectivity index (χ3v) is 4.92. The maximum Gasteiger partial charge on any atom is 0.220 e. The summed E-state index contributed by atoms with van der Waals surface area (Å²) in [6, 6.07) is 0.653. The zero-order chi connectivity index (χ0) is 14.5. The van der Waals surface area contributed by atoms with E-state index in [1.54, 1.807) is 0 Å². The van der Waals surface area contributed by atoms with Crippen LogP contribution in [0.4, 0.5) is 0 Å². The van der Waals surface area contributed by atoms with Gasteiger partial charge in [0.2, 0.25) is 5.91 Å². The molecule has 2 rings (SSSR count). The van der Waals surface area contributed by atoms with Gasteiger partial charge in [0.15, 0.2) is 0 Å². The lowest BCUT2D eigenvalue weighted by atomic mass is 10.00. The fourth-order valence-corrected chi connectivity index (χ4v) is 3.28. The second kappa shape index (κ2) is 7.38. The summed E-state index contributed by atoms with van der Waals surface area (Å²) in [4.78, 5) is 16.8. The molecule has 3 atom stereocenters. The van der Waals surface area contributed by atoms with Crippen LogP contribution in [-0.4, -0.2) is 67.6 Å². The largest absolute Gasteiger partial charge is 0.355 e. The first-order valence-corrected chi connectivity index (χ1v) is 8.01. The summed E-state index contributed by atoms with van der Waals surface area (Å²) in [5.41, 5.74) is 6.02. The Kier molecular flexibility index (Phi) is 5.81. The number of piperazine rings is 1. The van der Waals surface area contributed by atoms with Crippen LogP contribution in [0.5, 0.6) is 0 Å². The molecule has 0 aromatic carbocycles. The number of nitrogens with zero attached hydrogens (tertiary/aromatic N) is 2. The molecule has 1 heterocycles. The molecule has 1 unspecified atom stereocenters. The Balaban J connectivity index is 1.65. The van der Waals surface area contributed by atoms with E-state index in [-0.39, 0.29) is 11.9 Å². The Bertz CT molecular complexity index is 315. The number of amides is 1. The lowest BCUT2D eigenvalue weighted by Gasteiger charge is -2.36. The van der Waals surface area contributed by atoms with Gasteiger partial charge in [-0.2, -0.15) is 0 Å². The molecule has 3 N–H and O–H groups in total. The summed E-state index contributed by atoms with van der Waals surface area (Å²) in [7, 11) is 2.16. The fraction of sp³-hybridized carbons (Fsp3) is 0.933. The number of carbonyl (C=O) groups is 1. The summed E-state index contributed by atoms with van der Waals surface area (Å²) >= 11 is 0. The minimum atomic E-state index is 0.174. The summed E-state index contributed by atoms with van der Waals surface area (Å²) in [6.07, 6.45) is 3.98. The van der Waals surface area contributed by atoms with Gasteiger partial charge in [-0.25, -0.2) is 0 Å². The van der Waals surface area contributed by atoms with Crippen LogP contribution in [-0.2, 0) is 4.79 Å². The van der Waals surface area contributed by atoms with Gasteiger partial charge in [-0.1, -0.05) is 6.42 Å². The van der Waals surface area contributed by atoms with Crippen molar-refractivity contribution in [1.82, 2.24) is 15.1 Å². The second-order valence-corrected chi connectivity index (χ2v) is 6.55. The quantitative estimate of drug-likeness (QED) is 0.759. The number of nitrogens with two attached hydrogens (primary N) is 1. The van der Waals surface area contributed by atoms with Crippen molar-refractivity contribution in [3.05, 3.63) is 0 Å². The van der Waals surface area contributed by atoms with Crippen LogP contribution < -0.4 is 11.1 Å². The molecule has 1 aliphatic carbocycles. The van der Waals surface area contributed by atoms with E-state index in [4.69, 9.17) is 5.73 Å². The zero-order valence-corrected chi connectivity index (χ0v) is 13.0. The molecule has 0 spiro atoms. The minimum Gasteiger partial charge on any atom is -0.355 e. The summed E-state index contributed by atoms with van der Waals surface area (Å²) in [5, 5.41) is 3.09. The van der Waals surface area contributed by atoms with Crippen LogP contribution in [0.1, 0.15) is 32.6 Å². The maximum absolute atomic E-state index is 12.0. The fourth-order valence-electron chi connectivity index (χ4n) is 3.28. The average Bonchev–Trinajstić information content (AvgIpc) is 2.82. The topological polar surface area (TPSA) is 61.6 Å². The van der Waals surface area contributed by atoms with Crippen molar-refractivity contribution in [2.75, 3.05) is 39.8 Å². The van der Waals surface area contributed by atoms with Crippen LogP contribution in [0.2, 0.25) is 0 Å². The van der Waals surface area contributed by atoms with Gasteiger partial charge < -0.3 is 16.0 Å². The van der Waals surface area contributed by atoms with Gasteiger partial charge in [-0.3, -0.25) is 9.69 Å². The van der Waals surface area contributed by atoms with Crippen LogP contribution in [0.15, 0.2) is 0 Å². The Morgan fingerprint density at radius 2 is 2.00 bits per heavy atom. The molecule has 5 nitrogen and oxygen atoms in total. The van der Waals surface area contributed by atoms with Crippen LogP contribution in [0.25, 0.3) is 0 Å². The molecule has 1 saturated heterocycles. The first kappa shape index (κ1) is 15.7. The highest BCUT2D eigenvalue weighted by Crippen LogP contribution is 2.26. The Hall–Kier alpha value is -0.650. The molecule has 20 heavy (non-hydrogen) atoms. The molecule has 2 aliphatic rings. The summed E-state index contributed by atoms with van der Waals surface area (Å²) < 4.78 is 0. The van der Waals surface area contributed by atoms with Crippen molar-refractivity contribution < 1.29 is 4.79 Å². The SMILES string of the molecule is CC(CNC(=O)C[C@@H]1CCC[C@H]1N)N1CCN(C)CC1. The monoisotopic (exact) mass is 282 g/mol. The van der Waals surface area contributed by atoms with Gasteiger partial charge in [-0.05, 0) is 32.7 Å². The molecular formula is C15H30N4O. The molecule has 5 heteroatoms. The molecular weight excluding hydrogens is 252 g/mol. The van der Waals surface area contributed by atoms with Crippen molar-refractivity contribution in [2.24, 2.45) is 11.7 Å². The molecule has 0 aromatic rings. The molecule has 116 valence electrons. The lowest BCUT2D eigenvalue weighted by molar-refractivity contribution is -0.122. The van der Waals surface area contributed by atoms with Gasteiger partial charge >= 0.3 is 0 Å². The minimum absolute atomic E-state index is 0.174. The van der Waals surface area contributed by atoms with E-state index in [9.17, 15) is 4.79 Å². The van der Waals surface area contributed by atoms with Crippen molar-refractivity contribution in [2.45, 2.75) is 44.7 Å². The zero-order valence-electron chi connectivity index (χ0n) is 13.0. The van der Waals surface area contributed by atoms with E-state index >= 15 is 0 Å². The van der Waals surface area contributed by atoms with Gasteiger partial charge in [0, 0.05) is 51.2 Å². The molecule has 0 radical (unpaired) electrons. The van der Waals surface area contributed by atoms with Gasteiger partial charge in [-0.15, -0.1) is 0 Å². The number of nitrogens with one attached hydrogen (secondary N) is 1. The Morgan fingerprint density at radius 3 is 2.60 bits per heavy atom. The van der Waals surface area contributed by atoms with Crippen LogP contribution >= 0.6 is 0 Å². The van der Waals surface area contributed by atoms with Gasteiger partial charge in [0.05, 0.1) is 0 Å². The molecule has 1 saturated carbocycles. The predicted molar refractivity (Wildman–Crippen MR) is 81.5 cm³/mol. The van der Waals surface area contributed by atoms with E-state index in [2.05, 4.69) is 29.1 Å². The molecule has 0 aromatic heterocycles. The highest BCUT2D eigenvalue weighted by Gasteiger charge is 2.26. The maximum atomic E-state index is 12.0. The highest BCUT2D eigenvalue weighted by molar-refractivity contribution is 5.76. The van der Waals surface area contributed by atoms with E-state index in [1.807, 2.05) is 0 Å². The van der Waals surface area contributed by atoms with E-state index < -0.39 is 0 Å². The number of likely N-dealkylation sites (N-methyl/N-ethyl adjacent to an activating group) is 1. The third-order valence-electron chi connectivity index (χ3n) is 4.92.